The number of carbonyl (C=O) groups is 2. The van der Waals surface area contributed by atoms with E-state index in [4.69, 9.17) is 9.16 Å². The Morgan fingerprint density at radius 3 is 2.19 bits per heavy atom. The predicted molar refractivity (Wildman–Crippen MR) is 144 cm³/mol. The van der Waals surface area contributed by atoms with Gasteiger partial charge in [-0.1, -0.05) is 59.7 Å². The Bertz CT molecular complexity index is 1100. The largest absolute Gasteiger partial charge is 0.540 e. The molecule has 8 nitrogen and oxygen atoms in total. The summed E-state index contributed by atoms with van der Waals surface area (Å²) in [6, 6.07) is 10.1. The number of hydrogen-bond donors (Lipinski definition) is 3. The summed E-state index contributed by atoms with van der Waals surface area (Å²) < 4.78 is 12.5. The first-order valence-corrected chi connectivity index (χ1v) is 14.5. The highest BCUT2D eigenvalue weighted by Crippen LogP contribution is 2.46. The molecule has 1 aliphatic rings. The van der Waals surface area contributed by atoms with Gasteiger partial charge in [0.15, 0.2) is 5.75 Å². The Morgan fingerprint density at radius 2 is 1.67 bits per heavy atom. The number of aliphatic hydroxyl groups is 1. The number of para-hydroxylation sites is 1. The van der Waals surface area contributed by atoms with Crippen LogP contribution in [0.1, 0.15) is 57.5 Å². The molecule has 0 aromatic heterocycles. The Kier molecular flexibility index (Phi) is 8.35. The molecule has 3 rings (SSSR count). The van der Waals surface area contributed by atoms with Crippen molar-refractivity contribution in [1.29, 1.82) is 0 Å². The fourth-order valence-electron chi connectivity index (χ4n) is 5.75. The molecule has 0 spiro atoms. The minimum atomic E-state index is -2.40. The number of ether oxygens (including phenoxy) is 1. The van der Waals surface area contributed by atoms with Crippen LogP contribution in [-0.4, -0.2) is 50.3 Å². The number of carboxylic acid groups (broad SMARTS) is 1. The second-order valence-electron chi connectivity index (χ2n) is 10.2. The van der Waals surface area contributed by atoms with Gasteiger partial charge in [0.1, 0.15) is 5.75 Å². The van der Waals surface area contributed by atoms with Gasteiger partial charge < -0.3 is 24.3 Å². The molecule has 0 bridgehead atoms. The molecule has 9 heteroatoms. The first-order chi connectivity index (χ1) is 17.0. The number of nitrogens with zero attached hydrogens (tertiary/aromatic N) is 1. The maximum Gasteiger partial charge on any atom is 0.409 e. The molecule has 1 aliphatic heterocycles. The summed E-state index contributed by atoms with van der Waals surface area (Å²) in [4.78, 5) is 27.1. The van der Waals surface area contributed by atoms with E-state index in [0.717, 1.165) is 5.56 Å². The van der Waals surface area contributed by atoms with Crippen LogP contribution in [0.25, 0.3) is 0 Å². The van der Waals surface area contributed by atoms with Crippen molar-refractivity contribution in [2.75, 3.05) is 23.9 Å². The Hall–Kier alpha value is -3.04. The van der Waals surface area contributed by atoms with Gasteiger partial charge in [-0.3, -0.25) is 10.1 Å². The number of fused-ring (bicyclic) bond motifs is 1. The average molecular weight is 515 g/mol. The molecule has 3 N–H and O–H groups in total. The van der Waals surface area contributed by atoms with Crippen molar-refractivity contribution >= 4 is 31.7 Å². The molecule has 2 amide bonds. The van der Waals surface area contributed by atoms with Crippen LogP contribution in [0.4, 0.5) is 16.2 Å². The molecule has 2 aromatic carbocycles. The van der Waals surface area contributed by atoms with E-state index in [9.17, 15) is 19.8 Å². The molecule has 0 saturated heterocycles. The Balaban J connectivity index is 2.16. The minimum Gasteiger partial charge on any atom is -0.540 e. The van der Waals surface area contributed by atoms with E-state index in [1.165, 1.54) is 12.0 Å². The maximum absolute atomic E-state index is 13.9. The summed E-state index contributed by atoms with van der Waals surface area (Å²) >= 11 is 0. The molecule has 0 radical (unpaired) electrons. The second-order valence-corrected chi connectivity index (χ2v) is 15.6. The van der Waals surface area contributed by atoms with Crippen LogP contribution in [0.5, 0.6) is 11.5 Å². The molecular formula is C27H38N2O6Si. The number of aliphatic hydroxyl groups excluding tert-OH is 1. The summed E-state index contributed by atoms with van der Waals surface area (Å²) in [7, 11) is -0.891. The standard InChI is InChI=1S/C27H38N2O6Si/c1-16(2)36(17(3)4,18(5)6)35-25-14-22(28-27(32)33)21(13-24(25)34-7)26(31)29-20(15-30)12-19-10-8-9-11-23(19)29/h8-11,13-14,16-18,20,28,30H,12,15H2,1-7H3,(H,32,33). The number of benzene rings is 2. The maximum atomic E-state index is 13.9. The number of nitrogens with one attached hydrogen (secondary N) is 1. The predicted octanol–water partition coefficient (Wildman–Crippen LogP) is 5.90. The molecule has 196 valence electrons. The zero-order valence-corrected chi connectivity index (χ0v) is 23.2. The Morgan fingerprint density at radius 1 is 1.06 bits per heavy atom. The van der Waals surface area contributed by atoms with Gasteiger partial charge in [0.2, 0.25) is 0 Å². The molecule has 0 aliphatic carbocycles. The molecule has 1 heterocycles. The molecule has 36 heavy (non-hydrogen) atoms. The van der Waals surface area contributed by atoms with E-state index in [0.29, 0.717) is 23.6 Å². The van der Waals surface area contributed by atoms with Crippen LogP contribution in [0, 0.1) is 0 Å². The summed E-state index contributed by atoms with van der Waals surface area (Å²) in [6.45, 7) is 12.7. The number of amides is 2. The topological polar surface area (TPSA) is 108 Å². The van der Waals surface area contributed by atoms with Gasteiger partial charge in [-0.25, -0.2) is 4.79 Å². The van der Waals surface area contributed by atoms with E-state index in [1.807, 2.05) is 24.3 Å². The third kappa shape index (κ3) is 4.94. The highest BCUT2D eigenvalue weighted by molar-refractivity contribution is 6.78. The van der Waals surface area contributed by atoms with Gasteiger partial charge in [0, 0.05) is 11.8 Å². The SMILES string of the molecule is COc1cc(C(=O)N2c3ccccc3CC2CO)c(NC(=O)O)cc1O[Si](C(C)C)(C(C)C)C(C)C. The normalized spacial score (nSPS) is 15.4. The average Bonchev–Trinajstić information content (AvgIpc) is 3.19. The van der Waals surface area contributed by atoms with Gasteiger partial charge in [-0.05, 0) is 40.7 Å². The third-order valence-electron chi connectivity index (χ3n) is 7.27. The van der Waals surface area contributed by atoms with E-state index in [-0.39, 0.29) is 34.5 Å². The Labute approximate surface area is 214 Å². The lowest BCUT2D eigenvalue weighted by molar-refractivity contribution is 0.0968. The number of hydrogen-bond acceptors (Lipinski definition) is 5. The van der Waals surface area contributed by atoms with Crippen LogP contribution >= 0.6 is 0 Å². The molecular weight excluding hydrogens is 476 g/mol. The number of carbonyl (C=O) groups excluding carboxylic acids is 1. The van der Waals surface area contributed by atoms with Gasteiger partial charge in [0.25, 0.3) is 14.2 Å². The van der Waals surface area contributed by atoms with Crippen molar-refractivity contribution in [2.45, 2.75) is 70.6 Å². The van der Waals surface area contributed by atoms with Crippen molar-refractivity contribution < 1.29 is 29.0 Å². The van der Waals surface area contributed by atoms with Gasteiger partial charge in [-0.15, -0.1) is 0 Å². The molecule has 0 fully saturated rings. The van der Waals surface area contributed by atoms with Crippen LogP contribution in [0.3, 0.4) is 0 Å². The van der Waals surface area contributed by atoms with E-state index in [1.54, 1.807) is 12.1 Å². The molecule has 2 aromatic rings. The van der Waals surface area contributed by atoms with Crippen molar-refractivity contribution in [2.24, 2.45) is 0 Å². The lowest BCUT2D eigenvalue weighted by atomic mass is 10.1. The summed E-state index contributed by atoms with van der Waals surface area (Å²) in [6.07, 6.45) is -0.773. The first-order valence-electron chi connectivity index (χ1n) is 12.4. The third-order valence-corrected chi connectivity index (χ3v) is 13.3. The molecule has 0 saturated carbocycles. The monoisotopic (exact) mass is 514 g/mol. The van der Waals surface area contributed by atoms with Crippen LogP contribution < -0.4 is 19.4 Å². The van der Waals surface area contributed by atoms with Gasteiger partial charge >= 0.3 is 6.09 Å². The van der Waals surface area contributed by atoms with Crippen molar-refractivity contribution in [3.8, 4) is 11.5 Å². The first kappa shape index (κ1) is 27.5. The van der Waals surface area contributed by atoms with Crippen LogP contribution in [-0.2, 0) is 6.42 Å². The number of rotatable bonds is 9. The van der Waals surface area contributed by atoms with Gasteiger partial charge in [-0.2, -0.15) is 0 Å². The highest BCUT2D eigenvalue weighted by Gasteiger charge is 2.47. The van der Waals surface area contributed by atoms with Crippen molar-refractivity contribution in [3.05, 3.63) is 47.5 Å². The fraction of sp³-hybridized carbons (Fsp3) is 0.481. The van der Waals surface area contributed by atoms with Crippen LogP contribution in [0.15, 0.2) is 36.4 Å². The molecule has 1 unspecified atom stereocenters. The lowest BCUT2D eigenvalue weighted by Crippen LogP contribution is -2.50. The van der Waals surface area contributed by atoms with E-state index >= 15 is 0 Å². The number of methoxy groups -OCH3 is 1. The quantitative estimate of drug-likeness (QED) is 0.359. The minimum absolute atomic E-state index is 0.114. The van der Waals surface area contributed by atoms with Crippen LogP contribution in [0.2, 0.25) is 16.6 Å². The highest BCUT2D eigenvalue weighted by atomic mass is 28.4. The smallest absolute Gasteiger partial charge is 0.409 e. The zero-order chi connectivity index (χ0) is 26.8. The van der Waals surface area contributed by atoms with E-state index < -0.39 is 26.4 Å². The summed E-state index contributed by atoms with van der Waals surface area (Å²) in [5.74, 6) is 0.356. The summed E-state index contributed by atoms with van der Waals surface area (Å²) in [5, 5.41) is 22.0. The number of anilines is 2. The van der Waals surface area contributed by atoms with Gasteiger partial charge in [0.05, 0.1) is 31.0 Å². The van der Waals surface area contributed by atoms with Crippen molar-refractivity contribution in [1.82, 2.24) is 0 Å². The second kappa shape index (κ2) is 10.9. The van der Waals surface area contributed by atoms with E-state index in [2.05, 4.69) is 46.9 Å². The lowest BCUT2D eigenvalue weighted by Gasteiger charge is -2.42. The summed E-state index contributed by atoms with van der Waals surface area (Å²) in [5.41, 5.74) is 2.74. The zero-order valence-electron chi connectivity index (χ0n) is 22.2. The molecule has 1 atom stereocenters. The fourth-order valence-corrected chi connectivity index (χ4v) is 11.0. The van der Waals surface area contributed by atoms with Crippen molar-refractivity contribution in [3.63, 3.8) is 0 Å².